The quantitative estimate of drug-likeness (QED) is 0.872. The van der Waals surface area contributed by atoms with Crippen LogP contribution in [-0.2, 0) is 11.3 Å². The first-order valence-corrected chi connectivity index (χ1v) is 8.72. The van der Waals surface area contributed by atoms with E-state index in [4.69, 9.17) is 0 Å². The van der Waals surface area contributed by atoms with Crippen LogP contribution < -0.4 is 0 Å². The number of rotatable bonds is 3. The maximum atomic E-state index is 12.1. The molecular formula is C19H24N4O. The van der Waals surface area contributed by atoms with Gasteiger partial charge in [-0.15, -0.1) is 0 Å². The summed E-state index contributed by atoms with van der Waals surface area (Å²) >= 11 is 0. The molecule has 2 aliphatic heterocycles. The number of aromatic nitrogens is 2. The lowest BCUT2D eigenvalue weighted by Gasteiger charge is -2.48. The van der Waals surface area contributed by atoms with Crippen molar-refractivity contribution in [2.45, 2.75) is 45.3 Å². The zero-order chi connectivity index (χ0) is 16.7. The molecule has 2 aliphatic rings. The lowest BCUT2D eigenvalue weighted by Crippen LogP contribution is -2.60. The van der Waals surface area contributed by atoms with Crippen molar-refractivity contribution in [1.82, 2.24) is 19.6 Å². The van der Waals surface area contributed by atoms with E-state index in [9.17, 15) is 4.79 Å². The lowest BCUT2D eigenvalue weighted by molar-refractivity contribution is -0.141. The molecule has 1 amide bonds. The molecule has 0 aliphatic carbocycles. The van der Waals surface area contributed by atoms with Gasteiger partial charge in [0.05, 0.1) is 17.5 Å². The highest BCUT2D eigenvalue weighted by Crippen LogP contribution is 2.37. The Labute approximate surface area is 142 Å². The zero-order valence-electron chi connectivity index (χ0n) is 14.4. The minimum atomic E-state index is -0.124. The van der Waals surface area contributed by atoms with E-state index in [0.717, 1.165) is 38.2 Å². The minimum absolute atomic E-state index is 0.124. The predicted molar refractivity (Wildman–Crippen MR) is 92.7 cm³/mol. The van der Waals surface area contributed by atoms with Gasteiger partial charge in [0.1, 0.15) is 0 Å². The Morgan fingerprint density at radius 1 is 1.21 bits per heavy atom. The van der Waals surface area contributed by atoms with E-state index in [-0.39, 0.29) is 5.66 Å². The number of benzene rings is 1. The summed E-state index contributed by atoms with van der Waals surface area (Å²) in [6, 6.07) is 8.38. The zero-order valence-corrected chi connectivity index (χ0v) is 14.4. The van der Waals surface area contributed by atoms with E-state index in [1.807, 2.05) is 10.9 Å². The van der Waals surface area contributed by atoms with Crippen molar-refractivity contribution in [3.05, 3.63) is 47.8 Å². The highest BCUT2D eigenvalue weighted by atomic mass is 16.2. The minimum Gasteiger partial charge on any atom is -0.324 e. The Bertz CT molecular complexity index is 751. The average molecular weight is 324 g/mol. The summed E-state index contributed by atoms with van der Waals surface area (Å²) in [7, 11) is 0. The van der Waals surface area contributed by atoms with Crippen molar-refractivity contribution in [1.29, 1.82) is 0 Å². The van der Waals surface area contributed by atoms with Gasteiger partial charge in [-0.1, -0.05) is 17.7 Å². The smallest absolute Gasteiger partial charge is 0.224 e. The van der Waals surface area contributed by atoms with Crippen LogP contribution in [0.15, 0.2) is 36.7 Å². The van der Waals surface area contributed by atoms with Gasteiger partial charge in [0, 0.05) is 37.8 Å². The molecule has 0 saturated carbocycles. The van der Waals surface area contributed by atoms with E-state index in [0.29, 0.717) is 12.3 Å². The van der Waals surface area contributed by atoms with Crippen LogP contribution in [0.1, 0.15) is 37.3 Å². The van der Waals surface area contributed by atoms with Crippen LogP contribution in [0.25, 0.3) is 5.69 Å². The molecule has 2 saturated heterocycles. The molecule has 0 N–H and O–H groups in total. The number of hydrogen-bond donors (Lipinski definition) is 0. The van der Waals surface area contributed by atoms with Crippen LogP contribution in [0.2, 0.25) is 0 Å². The summed E-state index contributed by atoms with van der Waals surface area (Å²) in [5.74, 6) is 0.303. The number of hydrogen-bond acceptors (Lipinski definition) is 3. The second-order valence-corrected chi connectivity index (χ2v) is 7.17. The van der Waals surface area contributed by atoms with Gasteiger partial charge in [-0.3, -0.25) is 9.69 Å². The third kappa shape index (κ3) is 2.53. The largest absolute Gasteiger partial charge is 0.324 e. The van der Waals surface area contributed by atoms with Crippen LogP contribution in [0, 0.1) is 6.92 Å². The molecule has 2 fully saturated rings. The predicted octanol–water partition coefficient (Wildman–Crippen LogP) is 2.73. The standard InChI is InChI=1S/C19H24N4O/c1-15-4-6-17(7-5-15)23-14-16(12-20-23)13-21-10-3-11-22-18(24)8-9-19(21,22)2/h4-7,12,14H,3,8-11,13H2,1-2H3. The Morgan fingerprint density at radius 3 is 2.79 bits per heavy atom. The highest BCUT2D eigenvalue weighted by molar-refractivity contribution is 5.79. The summed E-state index contributed by atoms with van der Waals surface area (Å²) < 4.78 is 1.93. The van der Waals surface area contributed by atoms with Gasteiger partial charge in [-0.05, 0) is 38.8 Å². The Balaban J connectivity index is 1.53. The molecule has 0 spiro atoms. The molecule has 3 heterocycles. The Morgan fingerprint density at radius 2 is 2.00 bits per heavy atom. The summed E-state index contributed by atoms with van der Waals surface area (Å²) in [5, 5.41) is 4.51. The van der Waals surface area contributed by atoms with Crippen LogP contribution in [-0.4, -0.2) is 44.2 Å². The van der Waals surface area contributed by atoms with Crippen molar-refractivity contribution >= 4 is 5.91 Å². The molecule has 1 unspecified atom stereocenters. The maximum Gasteiger partial charge on any atom is 0.224 e. The number of fused-ring (bicyclic) bond motifs is 1. The molecule has 4 rings (SSSR count). The first-order valence-electron chi connectivity index (χ1n) is 8.72. The van der Waals surface area contributed by atoms with Gasteiger partial charge in [-0.2, -0.15) is 5.10 Å². The van der Waals surface area contributed by atoms with Crippen LogP contribution in [0.5, 0.6) is 0 Å². The van der Waals surface area contributed by atoms with Gasteiger partial charge >= 0.3 is 0 Å². The third-order valence-electron chi connectivity index (χ3n) is 5.49. The van der Waals surface area contributed by atoms with Crippen molar-refractivity contribution < 1.29 is 4.79 Å². The average Bonchev–Trinajstić information content (AvgIpc) is 3.15. The van der Waals surface area contributed by atoms with E-state index in [1.165, 1.54) is 11.1 Å². The van der Waals surface area contributed by atoms with Crippen molar-refractivity contribution in [3.8, 4) is 5.69 Å². The number of carbonyl (C=O) groups is 1. The van der Waals surface area contributed by atoms with E-state index in [2.05, 4.69) is 59.2 Å². The van der Waals surface area contributed by atoms with E-state index >= 15 is 0 Å². The first kappa shape index (κ1) is 15.4. The van der Waals surface area contributed by atoms with Gasteiger partial charge in [0.25, 0.3) is 0 Å². The molecule has 0 bridgehead atoms. The van der Waals surface area contributed by atoms with E-state index in [1.54, 1.807) is 0 Å². The van der Waals surface area contributed by atoms with Crippen LogP contribution in [0.3, 0.4) is 0 Å². The fourth-order valence-electron chi connectivity index (χ4n) is 3.99. The molecule has 5 heteroatoms. The number of carbonyl (C=O) groups excluding carboxylic acids is 1. The van der Waals surface area contributed by atoms with Gasteiger partial charge in [0.15, 0.2) is 0 Å². The highest BCUT2D eigenvalue weighted by Gasteiger charge is 2.47. The molecule has 1 atom stereocenters. The van der Waals surface area contributed by atoms with Gasteiger partial charge in [-0.25, -0.2) is 4.68 Å². The summed E-state index contributed by atoms with van der Waals surface area (Å²) in [4.78, 5) is 16.6. The second-order valence-electron chi connectivity index (χ2n) is 7.17. The SMILES string of the molecule is Cc1ccc(-n2cc(CN3CCCN4C(=O)CCC34C)cn2)cc1. The fraction of sp³-hybridized carbons (Fsp3) is 0.474. The van der Waals surface area contributed by atoms with Crippen LogP contribution >= 0.6 is 0 Å². The molecule has 126 valence electrons. The topological polar surface area (TPSA) is 41.4 Å². The van der Waals surface area contributed by atoms with Crippen molar-refractivity contribution in [3.63, 3.8) is 0 Å². The molecule has 1 aromatic heterocycles. The number of amides is 1. The normalized spacial score (nSPS) is 24.4. The molecule has 24 heavy (non-hydrogen) atoms. The molecule has 0 radical (unpaired) electrons. The summed E-state index contributed by atoms with van der Waals surface area (Å²) in [6.07, 6.45) is 6.70. The molecular weight excluding hydrogens is 300 g/mol. The van der Waals surface area contributed by atoms with Crippen LogP contribution in [0.4, 0.5) is 0 Å². The summed E-state index contributed by atoms with van der Waals surface area (Å²) in [6.45, 7) is 7.07. The Kier molecular flexibility index (Phi) is 3.68. The van der Waals surface area contributed by atoms with Crippen molar-refractivity contribution in [2.24, 2.45) is 0 Å². The second kappa shape index (κ2) is 5.74. The third-order valence-corrected chi connectivity index (χ3v) is 5.49. The fourth-order valence-corrected chi connectivity index (χ4v) is 3.99. The summed E-state index contributed by atoms with van der Waals surface area (Å²) in [5.41, 5.74) is 3.40. The first-order chi connectivity index (χ1) is 11.6. The monoisotopic (exact) mass is 324 g/mol. The molecule has 1 aromatic carbocycles. The van der Waals surface area contributed by atoms with Gasteiger partial charge in [0.2, 0.25) is 5.91 Å². The molecule has 5 nitrogen and oxygen atoms in total. The molecule has 2 aromatic rings. The number of nitrogens with zero attached hydrogens (tertiary/aromatic N) is 4. The van der Waals surface area contributed by atoms with E-state index < -0.39 is 0 Å². The van der Waals surface area contributed by atoms with Gasteiger partial charge < -0.3 is 4.90 Å². The lowest BCUT2D eigenvalue weighted by atomic mass is 10.0. The number of aryl methyl sites for hydroxylation is 1. The van der Waals surface area contributed by atoms with Crippen molar-refractivity contribution in [2.75, 3.05) is 13.1 Å². The maximum absolute atomic E-state index is 12.1. The Hall–Kier alpha value is -2.14.